The van der Waals surface area contributed by atoms with Crippen molar-refractivity contribution in [1.29, 1.82) is 0 Å². The van der Waals surface area contributed by atoms with Gasteiger partial charge in [-0.2, -0.15) is 4.31 Å². The fourth-order valence-corrected chi connectivity index (χ4v) is 4.46. The Morgan fingerprint density at radius 1 is 0.900 bits per heavy atom. The molecule has 2 aromatic rings. The van der Waals surface area contributed by atoms with Crippen molar-refractivity contribution < 1.29 is 18.0 Å². The molecule has 1 fully saturated rings. The van der Waals surface area contributed by atoms with Gasteiger partial charge in [-0.25, -0.2) is 8.42 Å². The Bertz CT molecular complexity index is 1010. The van der Waals surface area contributed by atoms with Crippen LogP contribution in [0.2, 0.25) is 5.02 Å². The smallest absolute Gasteiger partial charge is 0.236 e. The Labute approximate surface area is 181 Å². The molecule has 0 radical (unpaired) electrons. The van der Waals surface area contributed by atoms with E-state index in [9.17, 15) is 18.0 Å². The molecule has 3 rings (SSSR count). The van der Waals surface area contributed by atoms with E-state index in [1.54, 1.807) is 35.2 Å². The normalized spacial score (nSPS) is 15.4. The molecule has 30 heavy (non-hydrogen) atoms. The number of piperazine rings is 1. The van der Waals surface area contributed by atoms with E-state index in [4.69, 9.17) is 11.6 Å². The zero-order valence-electron chi connectivity index (χ0n) is 16.4. The molecule has 0 N–H and O–H groups in total. The summed E-state index contributed by atoms with van der Waals surface area (Å²) >= 11 is 5.82. The highest BCUT2D eigenvalue weighted by atomic mass is 35.5. The summed E-state index contributed by atoms with van der Waals surface area (Å²) in [6.07, 6.45) is 1.77. The number of sulfonamides is 1. The first-order valence-corrected chi connectivity index (χ1v) is 11.5. The number of carbonyl (C=O) groups excluding carboxylic acids is 2. The van der Waals surface area contributed by atoms with E-state index >= 15 is 0 Å². The second-order valence-corrected chi connectivity index (χ2v) is 9.22. The number of amides is 1. The lowest BCUT2D eigenvalue weighted by molar-refractivity contribution is -0.132. The van der Waals surface area contributed by atoms with Crippen LogP contribution in [0.25, 0.3) is 6.08 Å². The van der Waals surface area contributed by atoms with Crippen molar-refractivity contribution in [2.75, 3.05) is 26.2 Å². The third-order valence-corrected chi connectivity index (χ3v) is 6.73. The van der Waals surface area contributed by atoms with Crippen LogP contribution in [0.3, 0.4) is 0 Å². The first kappa shape index (κ1) is 22.2. The number of benzene rings is 2. The van der Waals surface area contributed by atoms with Crippen molar-refractivity contribution in [2.45, 2.75) is 12.8 Å². The van der Waals surface area contributed by atoms with E-state index in [0.29, 0.717) is 23.7 Å². The molecule has 0 aliphatic carbocycles. The van der Waals surface area contributed by atoms with Crippen molar-refractivity contribution in [3.63, 3.8) is 0 Å². The Kier molecular flexibility index (Phi) is 7.42. The van der Waals surface area contributed by atoms with Crippen molar-refractivity contribution >= 4 is 39.4 Å². The third-order valence-electron chi connectivity index (χ3n) is 4.92. The van der Waals surface area contributed by atoms with E-state index in [1.165, 1.54) is 9.71 Å². The zero-order valence-corrected chi connectivity index (χ0v) is 18.0. The zero-order chi connectivity index (χ0) is 21.6. The highest BCUT2D eigenvalue weighted by Crippen LogP contribution is 2.15. The molecular weight excluding hydrogens is 424 g/mol. The average molecular weight is 447 g/mol. The van der Waals surface area contributed by atoms with Crippen molar-refractivity contribution in [3.8, 4) is 0 Å². The minimum atomic E-state index is -3.55. The lowest BCUT2D eigenvalue weighted by Gasteiger charge is -2.33. The fraction of sp³-hybridized carbons (Fsp3) is 0.273. The SMILES string of the molecule is O=C(CCC(=O)N1CCN(S(=O)(=O)/C=C/c2ccccc2)CC1)c1ccc(Cl)cc1. The molecular formula is C22H23ClN2O4S. The van der Waals surface area contributed by atoms with Gasteiger partial charge >= 0.3 is 0 Å². The molecule has 158 valence electrons. The molecule has 1 aliphatic rings. The Hall–Kier alpha value is -2.48. The van der Waals surface area contributed by atoms with Crippen molar-refractivity contribution in [2.24, 2.45) is 0 Å². The molecule has 1 aliphatic heterocycles. The Morgan fingerprint density at radius 2 is 1.53 bits per heavy atom. The average Bonchev–Trinajstić information content (AvgIpc) is 2.77. The Morgan fingerprint density at radius 3 is 2.17 bits per heavy atom. The van der Waals surface area contributed by atoms with E-state index in [1.807, 2.05) is 30.3 Å². The van der Waals surface area contributed by atoms with Crippen molar-refractivity contribution in [1.82, 2.24) is 9.21 Å². The number of Topliss-reactive ketones (excluding diaryl/α,β-unsaturated/α-hetero) is 1. The highest BCUT2D eigenvalue weighted by molar-refractivity contribution is 7.92. The van der Waals surface area contributed by atoms with Crippen LogP contribution in [0, 0.1) is 0 Å². The van der Waals surface area contributed by atoms with Gasteiger partial charge in [0, 0.05) is 55.0 Å². The maximum Gasteiger partial charge on any atom is 0.236 e. The molecule has 0 saturated carbocycles. The van der Waals surface area contributed by atoms with Gasteiger partial charge in [-0.05, 0) is 35.9 Å². The predicted molar refractivity (Wildman–Crippen MR) is 118 cm³/mol. The molecule has 2 aromatic carbocycles. The van der Waals surface area contributed by atoms with Gasteiger partial charge < -0.3 is 4.90 Å². The van der Waals surface area contributed by atoms with Gasteiger partial charge in [0.15, 0.2) is 5.78 Å². The summed E-state index contributed by atoms with van der Waals surface area (Å²) in [6, 6.07) is 15.8. The molecule has 1 heterocycles. The van der Waals surface area contributed by atoms with E-state index in [2.05, 4.69) is 0 Å². The number of hydrogen-bond donors (Lipinski definition) is 0. The number of rotatable bonds is 7. The fourth-order valence-electron chi connectivity index (χ4n) is 3.17. The van der Waals surface area contributed by atoms with Crippen molar-refractivity contribution in [3.05, 3.63) is 76.2 Å². The number of carbonyl (C=O) groups is 2. The summed E-state index contributed by atoms with van der Waals surface area (Å²) in [5.74, 6) is -0.263. The third kappa shape index (κ3) is 6.01. The van der Waals surface area contributed by atoms with Crippen LogP contribution in [0.4, 0.5) is 0 Å². The predicted octanol–water partition coefficient (Wildman–Crippen LogP) is 3.45. The topological polar surface area (TPSA) is 74.8 Å². The molecule has 8 heteroatoms. The van der Waals surface area contributed by atoms with Crippen LogP contribution in [-0.4, -0.2) is 55.5 Å². The second-order valence-electron chi connectivity index (χ2n) is 6.97. The lowest BCUT2D eigenvalue weighted by atomic mass is 10.1. The largest absolute Gasteiger partial charge is 0.340 e. The lowest BCUT2D eigenvalue weighted by Crippen LogP contribution is -2.50. The molecule has 0 aromatic heterocycles. The summed E-state index contributed by atoms with van der Waals surface area (Å²) in [4.78, 5) is 26.2. The van der Waals surface area contributed by atoms with Gasteiger partial charge in [-0.3, -0.25) is 9.59 Å². The van der Waals surface area contributed by atoms with Crippen LogP contribution in [0.1, 0.15) is 28.8 Å². The number of ketones is 1. The van der Waals surface area contributed by atoms with E-state index in [0.717, 1.165) is 5.56 Å². The van der Waals surface area contributed by atoms with Crippen LogP contribution >= 0.6 is 11.6 Å². The summed E-state index contributed by atoms with van der Waals surface area (Å²) in [5, 5.41) is 1.75. The van der Waals surface area contributed by atoms with Gasteiger partial charge in [0.1, 0.15) is 0 Å². The maximum absolute atomic E-state index is 12.5. The standard InChI is InChI=1S/C22H23ClN2O4S/c23-20-8-6-19(7-9-20)21(26)10-11-22(27)24-13-15-25(16-14-24)30(28,29)17-12-18-4-2-1-3-5-18/h1-9,12,17H,10-11,13-16H2/b17-12+. The highest BCUT2D eigenvalue weighted by Gasteiger charge is 2.27. The van der Waals surface area contributed by atoms with Crippen LogP contribution in [-0.2, 0) is 14.8 Å². The van der Waals surface area contributed by atoms with Gasteiger partial charge in [0.05, 0.1) is 0 Å². The minimum Gasteiger partial charge on any atom is -0.340 e. The summed E-state index contributed by atoms with van der Waals surface area (Å²) in [6.45, 7) is 1.09. The minimum absolute atomic E-state index is 0.0993. The number of nitrogens with zero attached hydrogens (tertiary/aromatic N) is 2. The molecule has 0 atom stereocenters. The molecule has 0 unspecified atom stereocenters. The number of hydrogen-bond acceptors (Lipinski definition) is 4. The summed E-state index contributed by atoms with van der Waals surface area (Å²) < 4.78 is 26.4. The Balaban J connectivity index is 1.48. The van der Waals surface area contributed by atoms with Gasteiger partial charge in [-0.15, -0.1) is 0 Å². The van der Waals surface area contributed by atoms with E-state index < -0.39 is 10.0 Å². The second kappa shape index (κ2) is 10.0. The molecule has 1 amide bonds. The first-order valence-electron chi connectivity index (χ1n) is 9.65. The monoisotopic (exact) mass is 446 g/mol. The first-order chi connectivity index (χ1) is 14.3. The molecule has 0 bridgehead atoms. The van der Waals surface area contributed by atoms with Gasteiger partial charge in [0.25, 0.3) is 0 Å². The van der Waals surface area contributed by atoms with Crippen LogP contribution in [0.15, 0.2) is 60.0 Å². The number of halogens is 1. The van der Waals surface area contributed by atoms with Crippen LogP contribution < -0.4 is 0 Å². The van der Waals surface area contributed by atoms with Gasteiger partial charge in [0.2, 0.25) is 15.9 Å². The summed E-state index contributed by atoms with van der Waals surface area (Å²) in [5.41, 5.74) is 1.33. The molecule has 6 nitrogen and oxygen atoms in total. The van der Waals surface area contributed by atoms with Gasteiger partial charge in [-0.1, -0.05) is 41.9 Å². The van der Waals surface area contributed by atoms with Crippen LogP contribution in [0.5, 0.6) is 0 Å². The maximum atomic E-state index is 12.5. The summed E-state index contributed by atoms with van der Waals surface area (Å²) in [7, 11) is -3.55. The quantitative estimate of drug-likeness (QED) is 0.610. The molecule has 0 spiro atoms. The van der Waals surface area contributed by atoms with E-state index in [-0.39, 0.29) is 37.6 Å². The molecule has 1 saturated heterocycles.